The molecule has 0 aliphatic carbocycles. The number of carboxylic acids is 1. The Morgan fingerprint density at radius 2 is 2.10 bits per heavy atom. The molecule has 1 aromatic heterocycles. The highest BCUT2D eigenvalue weighted by Crippen LogP contribution is 2.18. The number of carbonyl (C=O) groups excluding carboxylic acids is 1. The number of rotatable bonds is 9. The SMILES string of the molecule is CCCC(CC(=O)N[C@H](CC(C)C)C(=O)O)n1ccnc1. The number of carboxylic acid groups (broad SMARTS) is 1. The molecule has 0 aliphatic heterocycles. The van der Waals surface area contributed by atoms with E-state index in [1.54, 1.807) is 12.5 Å². The number of hydrogen-bond donors (Lipinski definition) is 2. The summed E-state index contributed by atoms with van der Waals surface area (Å²) < 4.78 is 1.90. The molecule has 21 heavy (non-hydrogen) atoms. The van der Waals surface area contributed by atoms with Gasteiger partial charge in [0.25, 0.3) is 0 Å². The van der Waals surface area contributed by atoms with Crippen LogP contribution in [0.15, 0.2) is 18.7 Å². The van der Waals surface area contributed by atoms with Gasteiger partial charge < -0.3 is 15.0 Å². The molecule has 2 N–H and O–H groups in total. The maximum Gasteiger partial charge on any atom is 0.326 e. The van der Waals surface area contributed by atoms with Crippen molar-refractivity contribution in [2.45, 2.75) is 58.5 Å². The van der Waals surface area contributed by atoms with E-state index < -0.39 is 12.0 Å². The predicted molar refractivity (Wildman–Crippen MR) is 79.8 cm³/mol. The Kier molecular flexibility index (Phi) is 6.91. The first-order chi connectivity index (χ1) is 9.93. The van der Waals surface area contributed by atoms with Crippen molar-refractivity contribution >= 4 is 11.9 Å². The summed E-state index contributed by atoms with van der Waals surface area (Å²) in [6.45, 7) is 5.93. The quantitative estimate of drug-likeness (QED) is 0.731. The monoisotopic (exact) mass is 295 g/mol. The Morgan fingerprint density at radius 1 is 1.38 bits per heavy atom. The zero-order chi connectivity index (χ0) is 15.8. The van der Waals surface area contributed by atoms with E-state index in [1.807, 2.05) is 24.6 Å². The molecule has 1 rings (SSSR count). The molecule has 118 valence electrons. The Hall–Kier alpha value is -1.85. The van der Waals surface area contributed by atoms with Gasteiger partial charge in [0.05, 0.1) is 6.33 Å². The zero-order valence-corrected chi connectivity index (χ0v) is 13.0. The van der Waals surface area contributed by atoms with E-state index in [9.17, 15) is 9.59 Å². The smallest absolute Gasteiger partial charge is 0.326 e. The van der Waals surface area contributed by atoms with Crippen molar-refractivity contribution in [3.05, 3.63) is 18.7 Å². The highest BCUT2D eigenvalue weighted by Gasteiger charge is 2.23. The van der Waals surface area contributed by atoms with Crippen molar-refractivity contribution in [1.29, 1.82) is 0 Å². The Balaban J connectivity index is 2.62. The third-order valence-electron chi connectivity index (χ3n) is 3.33. The van der Waals surface area contributed by atoms with Gasteiger partial charge in [0.2, 0.25) is 5.91 Å². The van der Waals surface area contributed by atoms with Crippen molar-refractivity contribution < 1.29 is 14.7 Å². The van der Waals surface area contributed by atoms with Crippen molar-refractivity contribution in [2.75, 3.05) is 0 Å². The predicted octanol–water partition coefficient (Wildman–Crippen LogP) is 2.23. The van der Waals surface area contributed by atoms with E-state index in [0.29, 0.717) is 6.42 Å². The number of aromatic nitrogens is 2. The van der Waals surface area contributed by atoms with E-state index in [0.717, 1.165) is 12.8 Å². The lowest BCUT2D eigenvalue weighted by molar-refractivity contribution is -0.142. The van der Waals surface area contributed by atoms with Crippen LogP contribution in [0.1, 0.15) is 52.5 Å². The van der Waals surface area contributed by atoms with Crippen LogP contribution in [0.4, 0.5) is 0 Å². The lowest BCUT2D eigenvalue weighted by Crippen LogP contribution is -2.42. The summed E-state index contributed by atoms with van der Waals surface area (Å²) in [5, 5.41) is 11.8. The van der Waals surface area contributed by atoms with Crippen LogP contribution in [0.3, 0.4) is 0 Å². The summed E-state index contributed by atoms with van der Waals surface area (Å²) in [6.07, 6.45) is 7.71. The first-order valence-electron chi connectivity index (χ1n) is 7.43. The van der Waals surface area contributed by atoms with Gasteiger partial charge in [-0.05, 0) is 18.8 Å². The summed E-state index contributed by atoms with van der Waals surface area (Å²) in [5.41, 5.74) is 0. The van der Waals surface area contributed by atoms with E-state index in [1.165, 1.54) is 0 Å². The highest BCUT2D eigenvalue weighted by molar-refractivity contribution is 5.83. The van der Waals surface area contributed by atoms with Gasteiger partial charge in [0.15, 0.2) is 0 Å². The van der Waals surface area contributed by atoms with E-state index in [-0.39, 0.29) is 24.3 Å². The van der Waals surface area contributed by atoms with Crippen molar-refractivity contribution in [2.24, 2.45) is 5.92 Å². The molecule has 0 fully saturated rings. The number of imidazole rings is 1. The number of carbonyl (C=O) groups is 2. The first-order valence-corrected chi connectivity index (χ1v) is 7.43. The molecule has 1 unspecified atom stereocenters. The number of nitrogens with one attached hydrogen (secondary N) is 1. The fourth-order valence-corrected chi connectivity index (χ4v) is 2.34. The molecule has 6 heteroatoms. The van der Waals surface area contributed by atoms with Crippen LogP contribution >= 0.6 is 0 Å². The normalized spacial score (nSPS) is 13.9. The molecular formula is C15H25N3O3. The van der Waals surface area contributed by atoms with Gasteiger partial charge >= 0.3 is 5.97 Å². The van der Waals surface area contributed by atoms with Gasteiger partial charge in [-0.3, -0.25) is 4.79 Å². The zero-order valence-electron chi connectivity index (χ0n) is 13.0. The Bertz CT molecular complexity index is 443. The molecule has 1 aromatic rings. The highest BCUT2D eigenvalue weighted by atomic mass is 16.4. The van der Waals surface area contributed by atoms with Crippen molar-refractivity contribution in [1.82, 2.24) is 14.9 Å². The van der Waals surface area contributed by atoms with E-state index >= 15 is 0 Å². The molecule has 0 radical (unpaired) electrons. The second kappa shape index (κ2) is 8.44. The fraction of sp³-hybridized carbons (Fsp3) is 0.667. The van der Waals surface area contributed by atoms with Gasteiger partial charge in [0, 0.05) is 24.9 Å². The molecule has 2 atom stereocenters. The van der Waals surface area contributed by atoms with Gasteiger partial charge in [-0.2, -0.15) is 0 Å². The second-order valence-corrected chi connectivity index (χ2v) is 5.74. The second-order valence-electron chi connectivity index (χ2n) is 5.74. The van der Waals surface area contributed by atoms with Crippen LogP contribution in [0, 0.1) is 5.92 Å². The Morgan fingerprint density at radius 3 is 2.57 bits per heavy atom. The van der Waals surface area contributed by atoms with Crippen LogP contribution in [0.2, 0.25) is 0 Å². The van der Waals surface area contributed by atoms with Crippen LogP contribution < -0.4 is 5.32 Å². The average molecular weight is 295 g/mol. The van der Waals surface area contributed by atoms with Crippen molar-refractivity contribution in [3.63, 3.8) is 0 Å². The van der Waals surface area contributed by atoms with Gasteiger partial charge in [-0.15, -0.1) is 0 Å². The van der Waals surface area contributed by atoms with E-state index in [2.05, 4.69) is 17.2 Å². The summed E-state index contributed by atoms with van der Waals surface area (Å²) in [6, 6.07) is -0.798. The fourth-order valence-electron chi connectivity index (χ4n) is 2.34. The summed E-state index contributed by atoms with van der Waals surface area (Å²) in [7, 11) is 0. The van der Waals surface area contributed by atoms with Crippen LogP contribution in [0.25, 0.3) is 0 Å². The lowest BCUT2D eigenvalue weighted by atomic mass is 10.0. The lowest BCUT2D eigenvalue weighted by Gasteiger charge is -2.20. The molecule has 0 saturated carbocycles. The molecule has 0 aromatic carbocycles. The standard InChI is InChI=1S/C15H25N3O3/c1-4-5-12(18-7-6-16-10-18)9-14(19)17-13(15(20)21)8-11(2)3/h6-7,10-13H,4-5,8-9H2,1-3H3,(H,17,19)(H,20,21)/t12?,13-/m1/s1. The molecule has 0 aliphatic rings. The summed E-state index contributed by atoms with van der Waals surface area (Å²) >= 11 is 0. The molecule has 0 spiro atoms. The molecule has 0 saturated heterocycles. The largest absolute Gasteiger partial charge is 0.480 e. The summed E-state index contributed by atoms with van der Waals surface area (Å²) in [4.78, 5) is 27.3. The summed E-state index contributed by atoms with van der Waals surface area (Å²) in [5.74, 6) is -0.992. The molecular weight excluding hydrogens is 270 g/mol. The first kappa shape index (κ1) is 17.2. The molecule has 6 nitrogen and oxygen atoms in total. The minimum Gasteiger partial charge on any atom is -0.480 e. The van der Waals surface area contributed by atoms with Crippen LogP contribution in [-0.2, 0) is 9.59 Å². The molecule has 1 amide bonds. The average Bonchev–Trinajstić information content (AvgIpc) is 2.90. The molecule has 0 bridgehead atoms. The number of aliphatic carboxylic acids is 1. The molecule has 1 heterocycles. The maximum absolute atomic E-state index is 12.1. The van der Waals surface area contributed by atoms with Crippen LogP contribution in [-0.4, -0.2) is 32.6 Å². The third-order valence-corrected chi connectivity index (χ3v) is 3.33. The Labute approximate surface area is 125 Å². The number of amides is 1. The topological polar surface area (TPSA) is 84.2 Å². The third kappa shape index (κ3) is 5.97. The minimum absolute atomic E-state index is 0.0194. The number of hydrogen-bond acceptors (Lipinski definition) is 3. The van der Waals surface area contributed by atoms with Crippen LogP contribution in [0.5, 0.6) is 0 Å². The maximum atomic E-state index is 12.1. The van der Waals surface area contributed by atoms with Crippen molar-refractivity contribution in [3.8, 4) is 0 Å². The number of nitrogens with zero attached hydrogens (tertiary/aromatic N) is 2. The van der Waals surface area contributed by atoms with Gasteiger partial charge in [0.1, 0.15) is 6.04 Å². The minimum atomic E-state index is -0.980. The van der Waals surface area contributed by atoms with Gasteiger partial charge in [-0.1, -0.05) is 27.2 Å². The van der Waals surface area contributed by atoms with E-state index in [4.69, 9.17) is 5.11 Å². The van der Waals surface area contributed by atoms with Gasteiger partial charge in [-0.25, -0.2) is 9.78 Å².